The number of aromatic amines is 1. The first-order chi connectivity index (χ1) is 12.7. The Morgan fingerprint density at radius 3 is 2.73 bits per heavy atom. The summed E-state index contributed by atoms with van der Waals surface area (Å²) in [5, 5.41) is 13.2. The van der Waals surface area contributed by atoms with Gasteiger partial charge in [-0.2, -0.15) is 5.10 Å². The van der Waals surface area contributed by atoms with E-state index in [0.717, 1.165) is 11.3 Å². The number of pyridine rings is 1. The molecule has 3 aromatic heterocycles. The molecule has 0 saturated carbocycles. The number of hydrogen-bond donors (Lipinski definition) is 2. The Bertz CT molecular complexity index is 1060. The molecule has 128 valence electrons. The van der Waals surface area contributed by atoms with E-state index in [1.807, 2.05) is 12.1 Å². The molecule has 0 aliphatic rings. The van der Waals surface area contributed by atoms with Gasteiger partial charge in [-0.25, -0.2) is 4.39 Å². The normalized spacial score (nSPS) is 10.7. The van der Waals surface area contributed by atoms with E-state index in [9.17, 15) is 9.18 Å². The molecule has 0 saturated heterocycles. The lowest BCUT2D eigenvalue weighted by Crippen LogP contribution is -2.12. The van der Waals surface area contributed by atoms with Crippen LogP contribution in [0.25, 0.3) is 22.6 Å². The average Bonchev–Trinajstić information content (AvgIpc) is 3.33. The van der Waals surface area contributed by atoms with Crippen LogP contribution >= 0.6 is 0 Å². The van der Waals surface area contributed by atoms with Crippen molar-refractivity contribution in [3.05, 3.63) is 72.4 Å². The lowest BCUT2D eigenvalue weighted by atomic mass is 10.1. The second-order valence-corrected chi connectivity index (χ2v) is 5.41. The number of nitrogens with zero attached hydrogens (tertiary/aromatic N) is 3. The van der Waals surface area contributed by atoms with E-state index in [1.165, 1.54) is 12.1 Å². The third kappa shape index (κ3) is 3.07. The Kier molecular flexibility index (Phi) is 3.98. The smallest absolute Gasteiger partial charge is 0.279 e. The zero-order valence-corrected chi connectivity index (χ0v) is 13.3. The van der Waals surface area contributed by atoms with Crippen LogP contribution in [0.15, 0.2) is 65.4 Å². The summed E-state index contributed by atoms with van der Waals surface area (Å²) >= 11 is 0. The number of aromatic nitrogens is 4. The van der Waals surface area contributed by atoms with Crippen LogP contribution in [0.1, 0.15) is 10.5 Å². The number of carbonyl (C=O) groups is 1. The topological polar surface area (TPSA) is 96.7 Å². The standard InChI is InChI=1S/C18H12FN5O2/c19-13-4-2-1-3-12(13)16-9-15(24-26-16)18(25)21-17-10-14(22-23-17)11-5-7-20-8-6-11/h1-10H,(H2,21,22,23,25). The van der Waals surface area contributed by atoms with E-state index < -0.39 is 11.7 Å². The summed E-state index contributed by atoms with van der Waals surface area (Å²) in [4.78, 5) is 16.2. The molecular formula is C18H12FN5O2. The van der Waals surface area contributed by atoms with Gasteiger partial charge < -0.3 is 9.84 Å². The fourth-order valence-electron chi connectivity index (χ4n) is 2.42. The molecule has 1 aromatic carbocycles. The summed E-state index contributed by atoms with van der Waals surface area (Å²) in [6.07, 6.45) is 3.32. The van der Waals surface area contributed by atoms with Gasteiger partial charge in [-0.15, -0.1) is 0 Å². The Morgan fingerprint density at radius 1 is 1.12 bits per heavy atom. The molecule has 4 aromatic rings. The Balaban J connectivity index is 1.51. The van der Waals surface area contributed by atoms with Crippen molar-refractivity contribution in [2.24, 2.45) is 0 Å². The van der Waals surface area contributed by atoms with Crippen molar-refractivity contribution in [1.82, 2.24) is 20.3 Å². The van der Waals surface area contributed by atoms with Gasteiger partial charge in [0.2, 0.25) is 0 Å². The molecule has 0 fully saturated rings. The van der Waals surface area contributed by atoms with Crippen molar-refractivity contribution in [2.75, 3.05) is 5.32 Å². The summed E-state index contributed by atoms with van der Waals surface area (Å²) in [5.74, 6) is -0.459. The molecule has 0 bridgehead atoms. The lowest BCUT2D eigenvalue weighted by molar-refractivity contribution is 0.101. The van der Waals surface area contributed by atoms with Crippen molar-refractivity contribution in [1.29, 1.82) is 0 Å². The summed E-state index contributed by atoms with van der Waals surface area (Å²) in [5.41, 5.74) is 1.88. The first kappa shape index (κ1) is 15.7. The number of hydrogen-bond acceptors (Lipinski definition) is 5. The van der Waals surface area contributed by atoms with Crippen molar-refractivity contribution >= 4 is 11.7 Å². The predicted molar refractivity (Wildman–Crippen MR) is 91.7 cm³/mol. The molecule has 26 heavy (non-hydrogen) atoms. The molecule has 0 unspecified atom stereocenters. The highest BCUT2D eigenvalue weighted by molar-refractivity contribution is 6.03. The molecule has 4 rings (SSSR count). The summed E-state index contributed by atoms with van der Waals surface area (Å²) in [7, 11) is 0. The van der Waals surface area contributed by atoms with Crippen LogP contribution < -0.4 is 5.32 Å². The highest BCUT2D eigenvalue weighted by Gasteiger charge is 2.17. The van der Waals surface area contributed by atoms with Gasteiger partial charge >= 0.3 is 0 Å². The molecule has 3 heterocycles. The fourth-order valence-corrected chi connectivity index (χ4v) is 2.42. The highest BCUT2D eigenvalue weighted by atomic mass is 19.1. The zero-order valence-electron chi connectivity index (χ0n) is 13.3. The highest BCUT2D eigenvalue weighted by Crippen LogP contribution is 2.24. The third-order valence-corrected chi connectivity index (χ3v) is 3.69. The number of nitrogens with one attached hydrogen (secondary N) is 2. The summed E-state index contributed by atoms with van der Waals surface area (Å²) < 4.78 is 18.9. The van der Waals surface area contributed by atoms with Gasteiger partial charge in [0.1, 0.15) is 5.82 Å². The van der Waals surface area contributed by atoms with Crippen LogP contribution in [0.3, 0.4) is 0 Å². The van der Waals surface area contributed by atoms with Gasteiger partial charge in [-0.05, 0) is 24.3 Å². The van der Waals surface area contributed by atoms with Crippen molar-refractivity contribution < 1.29 is 13.7 Å². The number of carbonyl (C=O) groups excluding carboxylic acids is 1. The predicted octanol–water partition coefficient (Wildman–Crippen LogP) is 3.52. The Morgan fingerprint density at radius 2 is 1.92 bits per heavy atom. The van der Waals surface area contributed by atoms with E-state index in [1.54, 1.807) is 36.7 Å². The molecule has 0 spiro atoms. The first-order valence-corrected chi connectivity index (χ1v) is 7.69. The van der Waals surface area contributed by atoms with Crippen molar-refractivity contribution in [2.45, 2.75) is 0 Å². The molecule has 1 amide bonds. The first-order valence-electron chi connectivity index (χ1n) is 7.69. The van der Waals surface area contributed by atoms with Crippen LogP contribution in [0, 0.1) is 5.82 Å². The number of amides is 1. The minimum Gasteiger partial charge on any atom is -0.355 e. The van der Waals surface area contributed by atoms with Gasteiger partial charge in [0.05, 0.1) is 11.3 Å². The van der Waals surface area contributed by atoms with Crippen molar-refractivity contribution in [3.8, 4) is 22.6 Å². The second-order valence-electron chi connectivity index (χ2n) is 5.41. The van der Waals surface area contributed by atoms with Gasteiger partial charge in [-0.3, -0.25) is 14.9 Å². The maximum atomic E-state index is 13.8. The summed E-state index contributed by atoms with van der Waals surface area (Å²) in [6.45, 7) is 0. The SMILES string of the molecule is O=C(Nc1cc(-c2ccncc2)[nH]n1)c1cc(-c2ccccc2F)on1. The largest absolute Gasteiger partial charge is 0.355 e. The Hall–Kier alpha value is -3.81. The molecule has 0 atom stereocenters. The number of rotatable bonds is 4. The van der Waals surface area contributed by atoms with Crippen LogP contribution in [0.2, 0.25) is 0 Å². The van der Waals surface area contributed by atoms with Crippen LogP contribution in [-0.2, 0) is 0 Å². The van der Waals surface area contributed by atoms with E-state index in [4.69, 9.17) is 4.52 Å². The number of benzene rings is 1. The molecule has 0 radical (unpaired) electrons. The molecule has 0 aliphatic carbocycles. The lowest BCUT2D eigenvalue weighted by Gasteiger charge is -1.97. The molecule has 2 N–H and O–H groups in total. The van der Waals surface area contributed by atoms with E-state index in [2.05, 4.69) is 25.7 Å². The molecule has 7 nitrogen and oxygen atoms in total. The van der Waals surface area contributed by atoms with E-state index in [-0.39, 0.29) is 17.0 Å². The molecular weight excluding hydrogens is 337 g/mol. The second kappa shape index (κ2) is 6.60. The fraction of sp³-hybridized carbons (Fsp3) is 0. The molecule has 0 aliphatic heterocycles. The Labute approximate surface area is 146 Å². The van der Waals surface area contributed by atoms with Crippen LogP contribution in [0.5, 0.6) is 0 Å². The number of anilines is 1. The third-order valence-electron chi connectivity index (χ3n) is 3.69. The van der Waals surface area contributed by atoms with E-state index >= 15 is 0 Å². The average molecular weight is 349 g/mol. The van der Waals surface area contributed by atoms with Gasteiger partial charge in [0, 0.05) is 30.1 Å². The quantitative estimate of drug-likeness (QED) is 0.587. The molecule has 8 heteroatoms. The van der Waals surface area contributed by atoms with Crippen LogP contribution in [-0.4, -0.2) is 26.2 Å². The van der Waals surface area contributed by atoms with Gasteiger partial charge in [0.25, 0.3) is 5.91 Å². The maximum absolute atomic E-state index is 13.8. The van der Waals surface area contributed by atoms with Gasteiger partial charge in [0.15, 0.2) is 17.3 Å². The minimum absolute atomic E-state index is 0.0247. The summed E-state index contributed by atoms with van der Waals surface area (Å²) in [6, 6.07) is 12.8. The van der Waals surface area contributed by atoms with E-state index in [0.29, 0.717) is 5.82 Å². The van der Waals surface area contributed by atoms with Gasteiger partial charge in [-0.1, -0.05) is 17.3 Å². The van der Waals surface area contributed by atoms with Crippen molar-refractivity contribution in [3.63, 3.8) is 0 Å². The van der Waals surface area contributed by atoms with Crippen LogP contribution in [0.4, 0.5) is 10.2 Å². The monoisotopic (exact) mass is 349 g/mol. The maximum Gasteiger partial charge on any atom is 0.279 e. The zero-order chi connectivity index (χ0) is 17.9. The number of H-pyrrole nitrogens is 1. The minimum atomic E-state index is -0.510. The number of halogens is 1.